The molecule has 3 nitrogen and oxygen atoms in total. The first-order chi connectivity index (χ1) is 10.6. The summed E-state index contributed by atoms with van der Waals surface area (Å²) in [6.07, 6.45) is 4.05. The lowest BCUT2D eigenvalue weighted by molar-refractivity contribution is 0.310. The number of nitrogens with zero attached hydrogens (tertiary/aromatic N) is 2. The number of aromatic nitrogens is 1. The number of anilines is 1. The van der Waals surface area contributed by atoms with Crippen LogP contribution in [-0.4, -0.2) is 18.2 Å². The summed E-state index contributed by atoms with van der Waals surface area (Å²) in [6.45, 7) is 11.0. The van der Waals surface area contributed by atoms with Gasteiger partial charge < -0.3 is 9.42 Å². The molecule has 0 N–H and O–H groups in total. The van der Waals surface area contributed by atoms with Crippen LogP contribution in [0.5, 0.6) is 0 Å². The van der Waals surface area contributed by atoms with Crippen molar-refractivity contribution in [3.8, 4) is 0 Å². The highest BCUT2D eigenvalue weighted by atomic mass is 16.5. The molecule has 1 aliphatic rings. The van der Waals surface area contributed by atoms with Gasteiger partial charge in [0.1, 0.15) is 17.6 Å². The zero-order valence-corrected chi connectivity index (χ0v) is 14.1. The van der Waals surface area contributed by atoms with Crippen LogP contribution in [0, 0.1) is 0 Å². The Kier molecular flexibility index (Phi) is 3.98. The monoisotopic (exact) mass is 298 g/mol. The maximum Gasteiger partial charge on any atom is 0.147 e. The molecule has 22 heavy (non-hydrogen) atoms. The third-order valence-electron chi connectivity index (χ3n) is 5.59. The molecule has 2 atom stereocenters. The molecule has 3 rings (SSSR count). The van der Waals surface area contributed by atoms with Gasteiger partial charge in [0, 0.05) is 18.5 Å². The second kappa shape index (κ2) is 5.79. The van der Waals surface area contributed by atoms with Crippen LogP contribution >= 0.6 is 0 Å². The van der Waals surface area contributed by atoms with Crippen LogP contribution in [0.15, 0.2) is 35.1 Å². The van der Waals surface area contributed by atoms with Crippen molar-refractivity contribution in [2.24, 2.45) is 0 Å². The van der Waals surface area contributed by atoms with E-state index in [0.29, 0.717) is 5.92 Å². The van der Waals surface area contributed by atoms with Crippen molar-refractivity contribution >= 4 is 5.69 Å². The van der Waals surface area contributed by atoms with Gasteiger partial charge in [-0.05, 0) is 43.7 Å². The zero-order valence-electron chi connectivity index (χ0n) is 14.1. The quantitative estimate of drug-likeness (QED) is 0.830. The molecule has 2 unspecified atom stereocenters. The number of aryl methyl sites for hydroxylation is 1. The molecule has 1 aliphatic carbocycles. The van der Waals surface area contributed by atoms with Gasteiger partial charge in [-0.1, -0.05) is 43.3 Å². The molecule has 0 aliphatic heterocycles. The van der Waals surface area contributed by atoms with E-state index in [9.17, 15) is 0 Å². The van der Waals surface area contributed by atoms with E-state index < -0.39 is 0 Å². The highest BCUT2D eigenvalue weighted by molar-refractivity contribution is 5.53. The first-order valence-corrected chi connectivity index (χ1v) is 8.39. The number of hydrogen-bond donors (Lipinski definition) is 0. The van der Waals surface area contributed by atoms with E-state index in [2.05, 4.69) is 62.0 Å². The molecule has 0 radical (unpaired) electrons. The third-order valence-corrected chi connectivity index (χ3v) is 5.59. The maximum atomic E-state index is 5.39. The SMILES string of the molecule is CCN(CC)c1conc1C1(C)CCc2ccccc2C1C. The van der Waals surface area contributed by atoms with Crippen LogP contribution in [0.1, 0.15) is 56.9 Å². The van der Waals surface area contributed by atoms with Gasteiger partial charge in [-0.3, -0.25) is 0 Å². The van der Waals surface area contributed by atoms with Crippen molar-refractivity contribution in [2.75, 3.05) is 18.0 Å². The van der Waals surface area contributed by atoms with Gasteiger partial charge >= 0.3 is 0 Å². The predicted octanol–water partition coefficient (Wildman–Crippen LogP) is 4.53. The van der Waals surface area contributed by atoms with E-state index in [-0.39, 0.29) is 5.41 Å². The van der Waals surface area contributed by atoms with Crippen LogP contribution in [0.25, 0.3) is 0 Å². The molecule has 3 heteroatoms. The summed E-state index contributed by atoms with van der Waals surface area (Å²) in [5, 5.41) is 4.44. The minimum absolute atomic E-state index is 0.0271. The van der Waals surface area contributed by atoms with Crippen LogP contribution in [0.3, 0.4) is 0 Å². The molecule has 0 fully saturated rings. The summed E-state index contributed by atoms with van der Waals surface area (Å²) in [5.41, 5.74) is 5.27. The minimum Gasteiger partial charge on any atom is -0.368 e. The van der Waals surface area contributed by atoms with Crippen molar-refractivity contribution < 1.29 is 4.52 Å². The predicted molar refractivity (Wildman–Crippen MR) is 90.6 cm³/mol. The normalized spacial score (nSPS) is 24.1. The summed E-state index contributed by atoms with van der Waals surface area (Å²) in [4.78, 5) is 2.34. The zero-order chi connectivity index (χ0) is 15.7. The Morgan fingerprint density at radius 1 is 1.27 bits per heavy atom. The molecule has 0 saturated carbocycles. The number of hydrogen-bond acceptors (Lipinski definition) is 3. The molecule has 0 spiro atoms. The van der Waals surface area contributed by atoms with E-state index in [1.165, 1.54) is 16.8 Å². The maximum absolute atomic E-state index is 5.39. The lowest BCUT2D eigenvalue weighted by Gasteiger charge is -2.40. The molecule has 118 valence electrons. The summed E-state index contributed by atoms with van der Waals surface area (Å²) in [6, 6.07) is 8.83. The van der Waals surface area contributed by atoms with Crippen molar-refractivity contribution in [3.63, 3.8) is 0 Å². The van der Waals surface area contributed by atoms with Gasteiger partial charge in [-0.2, -0.15) is 0 Å². The molecule has 0 bridgehead atoms. The van der Waals surface area contributed by atoms with Gasteiger partial charge in [-0.15, -0.1) is 0 Å². The van der Waals surface area contributed by atoms with Gasteiger partial charge in [-0.25, -0.2) is 0 Å². The smallest absolute Gasteiger partial charge is 0.147 e. The molecular weight excluding hydrogens is 272 g/mol. The van der Waals surface area contributed by atoms with Gasteiger partial charge in [0.2, 0.25) is 0 Å². The molecule has 2 aromatic rings. The molecule has 1 aromatic heterocycles. The van der Waals surface area contributed by atoms with Gasteiger partial charge in [0.25, 0.3) is 0 Å². The Hall–Kier alpha value is -1.77. The largest absolute Gasteiger partial charge is 0.368 e. The molecule has 1 aromatic carbocycles. The Bertz CT molecular complexity index is 644. The number of benzene rings is 1. The summed E-state index contributed by atoms with van der Waals surface area (Å²) >= 11 is 0. The summed E-state index contributed by atoms with van der Waals surface area (Å²) in [5.74, 6) is 0.442. The third kappa shape index (κ3) is 2.23. The molecule has 1 heterocycles. The van der Waals surface area contributed by atoms with Gasteiger partial charge in [0.15, 0.2) is 0 Å². The Morgan fingerprint density at radius 3 is 2.73 bits per heavy atom. The first kappa shape index (κ1) is 15.1. The van der Waals surface area contributed by atoms with E-state index in [1.807, 2.05) is 6.26 Å². The van der Waals surface area contributed by atoms with Crippen LogP contribution in [0.2, 0.25) is 0 Å². The number of rotatable bonds is 4. The number of fused-ring (bicyclic) bond motifs is 1. The molecule has 0 amide bonds. The fourth-order valence-electron chi connectivity index (χ4n) is 3.88. The second-order valence-electron chi connectivity index (χ2n) is 6.56. The van der Waals surface area contributed by atoms with Gasteiger partial charge in [0.05, 0.1) is 0 Å². The standard InChI is InChI=1S/C19H26N2O/c1-5-21(6-2)17-13-22-20-18(17)19(4)12-11-15-9-7-8-10-16(15)14(19)3/h7-10,13-14H,5-6,11-12H2,1-4H3. The fraction of sp³-hybridized carbons (Fsp3) is 0.526. The van der Waals surface area contributed by atoms with Crippen molar-refractivity contribution in [2.45, 2.75) is 51.9 Å². The fourth-order valence-corrected chi connectivity index (χ4v) is 3.88. The van der Waals surface area contributed by atoms with E-state index in [4.69, 9.17) is 4.52 Å². The molecule has 0 saturated heterocycles. The second-order valence-corrected chi connectivity index (χ2v) is 6.56. The van der Waals surface area contributed by atoms with Crippen molar-refractivity contribution in [1.29, 1.82) is 0 Å². The highest BCUT2D eigenvalue weighted by Gasteiger charge is 2.42. The Balaban J connectivity index is 2.04. The Labute approximate surface area is 133 Å². The summed E-state index contributed by atoms with van der Waals surface area (Å²) < 4.78 is 5.39. The highest BCUT2D eigenvalue weighted by Crippen LogP contribution is 2.49. The average molecular weight is 298 g/mol. The Morgan fingerprint density at radius 2 is 2.00 bits per heavy atom. The van der Waals surface area contributed by atoms with Crippen LogP contribution < -0.4 is 4.90 Å². The van der Waals surface area contributed by atoms with Crippen molar-refractivity contribution in [3.05, 3.63) is 47.3 Å². The van der Waals surface area contributed by atoms with E-state index in [1.54, 1.807) is 0 Å². The van der Waals surface area contributed by atoms with E-state index >= 15 is 0 Å². The lowest BCUT2D eigenvalue weighted by Crippen LogP contribution is -2.36. The van der Waals surface area contributed by atoms with Crippen LogP contribution in [-0.2, 0) is 11.8 Å². The minimum atomic E-state index is 0.0271. The molecular formula is C19H26N2O. The lowest BCUT2D eigenvalue weighted by atomic mass is 9.64. The van der Waals surface area contributed by atoms with Crippen LogP contribution in [0.4, 0.5) is 5.69 Å². The first-order valence-electron chi connectivity index (χ1n) is 8.39. The summed E-state index contributed by atoms with van der Waals surface area (Å²) in [7, 11) is 0. The van der Waals surface area contributed by atoms with Crippen molar-refractivity contribution in [1.82, 2.24) is 5.16 Å². The average Bonchev–Trinajstić information content (AvgIpc) is 3.03. The topological polar surface area (TPSA) is 29.3 Å². The van der Waals surface area contributed by atoms with E-state index in [0.717, 1.165) is 31.6 Å².